The SMILES string of the molecule is COc1ccccc1Cc1nc2c(c(=O)[nH]1)CNCC2. The van der Waals surface area contributed by atoms with Gasteiger partial charge in [-0.25, -0.2) is 4.98 Å². The minimum Gasteiger partial charge on any atom is -0.496 e. The average Bonchev–Trinajstić information content (AvgIpc) is 2.48. The van der Waals surface area contributed by atoms with Crippen molar-refractivity contribution in [2.45, 2.75) is 19.4 Å². The molecular weight excluding hydrogens is 254 g/mol. The molecule has 20 heavy (non-hydrogen) atoms. The van der Waals surface area contributed by atoms with Crippen molar-refractivity contribution >= 4 is 0 Å². The van der Waals surface area contributed by atoms with Gasteiger partial charge in [-0.3, -0.25) is 4.79 Å². The molecule has 5 heteroatoms. The molecule has 0 atom stereocenters. The van der Waals surface area contributed by atoms with E-state index >= 15 is 0 Å². The Bertz CT molecular complexity index is 679. The smallest absolute Gasteiger partial charge is 0.255 e. The Morgan fingerprint density at radius 3 is 3.05 bits per heavy atom. The van der Waals surface area contributed by atoms with Crippen molar-refractivity contribution in [2.24, 2.45) is 0 Å². The summed E-state index contributed by atoms with van der Waals surface area (Å²) in [4.78, 5) is 19.5. The number of rotatable bonds is 3. The molecule has 0 spiro atoms. The van der Waals surface area contributed by atoms with Crippen LogP contribution in [0.2, 0.25) is 0 Å². The van der Waals surface area contributed by atoms with E-state index in [0.717, 1.165) is 35.5 Å². The Hall–Kier alpha value is -2.14. The third-order valence-corrected chi connectivity index (χ3v) is 3.54. The highest BCUT2D eigenvalue weighted by Crippen LogP contribution is 2.19. The second-order valence-electron chi connectivity index (χ2n) is 4.85. The first-order chi connectivity index (χ1) is 9.78. The predicted molar refractivity (Wildman–Crippen MR) is 76.1 cm³/mol. The molecule has 2 heterocycles. The van der Waals surface area contributed by atoms with Crippen molar-refractivity contribution < 1.29 is 4.74 Å². The molecule has 0 amide bonds. The molecule has 3 rings (SSSR count). The molecule has 1 aromatic heterocycles. The summed E-state index contributed by atoms with van der Waals surface area (Å²) in [6.45, 7) is 1.48. The summed E-state index contributed by atoms with van der Waals surface area (Å²) in [5, 5.41) is 3.19. The van der Waals surface area contributed by atoms with Crippen LogP contribution in [0.5, 0.6) is 5.75 Å². The molecule has 2 N–H and O–H groups in total. The van der Waals surface area contributed by atoms with Gasteiger partial charge < -0.3 is 15.0 Å². The van der Waals surface area contributed by atoms with Crippen molar-refractivity contribution in [1.29, 1.82) is 0 Å². The zero-order chi connectivity index (χ0) is 13.9. The number of ether oxygens (including phenoxy) is 1. The maximum absolute atomic E-state index is 12.1. The van der Waals surface area contributed by atoms with Gasteiger partial charge in [0.2, 0.25) is 0 Å². The summed E-state index contributed by atoms with van der Waals surface area (Å²) in [6, 6.07) is 7.78. The van der Waals surface area contributed by atoms with Gasteiger partial charge in [-0.05, 0) is 6.07 Å². The zero-order valence-electron chi connectivity index (χ0n) is 11.4. The zero-order valence-corrected chi connectivity index (χ0v) is 11.4. The molecule has 0 saturated heterocycles. The van der Waals surface area contributed by atoms with Crippen LogP contribution >= 0.6 is 0 Å². The van der Waals surface area contributed by atoms with Gasteiger partial charge in [0.1, 0.15) is 11.6 Å². The summed E-state index contributed by atoms with van der Waals surface area (Å²) < 4.78 is 5.33. The van der Waals surface area contributed by atoms with Crippen LogP contribution in [0, 0.1) is 0 Å². The number of benzene rings is 1. The van der Waals surface area contributed by atoms with E-state index in [2.05, 4.69) is 15.3 Å². The minimum atomic E-state index is -0.0351. The Kier molecular flexibility index (Phi) is 3.52. The maximum Gasteiger partial charge on any atom is 0.255 e. The summed E-state index contributed by atoms with van der Waals surface area (Å²) in [6.07, 6.45) is 1.37. The number of aromatic nitrogens is 2. The highest BCUT2D eigenvalue weighted by atomic mass is 16.5. The third kappa shape index (κ3) is 2.44. The molecular formula is C15H17N3O2. The monoisotopic (exact) mass is 271 g/mol. The molecule has 1 aliphatic rings. The van der Waals surface area contributed by atoms with Crippen LogP contribution in [0.1, 0.15) is 22.6 Å². The molecule has 0 aliphatic carbocycles. The van der Waals surface area contributed by atoms with Crippen LogP contribution in [-0.4, -0.2) is 23.6 Å². The maximum atomic E-state index is 12.1. The van der Waals surface area contributed by atoms with E-state index in [1.165, 1.54) is 0 Å². The van der Waals surface area contributed by atoms with Gasteiger partial charge in [0.25, 0.3) is 5.56 Å². The fraction of sp³-hybridized carbons (Fsp3) is 0.333. The van der Waals surface area contributed by atoms with E-state index in [4.69, 9.17) is 4.74 Å². The lowest BCUT2D eigenvalue weighted by Crippen LogP contribution is -2.32. The highest BCUT2D eigenvalue weighted by Gasteiger charge is 2.15. The van der Waals surface area contributed by atoms with E-state index < -0.39 is 0 Å². The second-order valence-corrected chi connectivity index (χ2v) is 4.85. The van der Waals surface area contributed by atoms with Gasteiger partial charge in [-0.2, -0.15) is 0 Å². The fourth-order valence-corrected chi connectivity index (χ4v) is 2.52. The van der Waals surface area contributed by atoms with Crippen LogP contribution in [-0.2, 0) is 19.4 Å². The minimum absolute atomic E-state index is 0.0351. The molecule has 5 nitrogen and oxygen atoms in total. The molecule has 0 saturated carbocycles. The van der Waals surface area contributed by atoms with E-state index in [1.54, 1.807) is 7.11 Å². The summed E-state index contributed by atoms with van der Waals surface area (Å²) in [7, 11) is 1.65. The molecule has 0 radical (unpaired) electrons. The van der Waals surface area contributed by atoms with E-state index in [9.17, 15) is 4.79 Å². The standard InChI is InChI=1S/C15H17N3O2/c1-20-13-5-3-2-4-10(13)8-14-17-12-6-7-16-9-11(12)15(19)18-14/h2-5,16H,6-9H2,1H3,(H,17,18,19). The molecule has 2 aromatic rings. The molecule has 104 valence electrons. The third-order valence-electron chi connectivity index (χ3n) is 3.54. The molecule has 1 aliphatic heterocycles. The molecule has 0 unspecified atom stereocenters. The number of nitrogens with zero attached hydrogens (tertiary/aromatic N) is 1. The van der Waals surface area contributed by atoms with Crippen molar-refractivity contribution in [2.75, 3.05) is 13.7 Å². The van der Waals surface area contributed by atoms with Crippen molar-refractivity contribution in [3.63, 3.8) is 0 Å². The van der Waals surface area contributed by atoms with Crippen LogP contribution in [0.4, 0.5) is 0 Å². The first-order valence-corrected chi connectivity index (χ1v) is 6.71. The largest absolute Gasteiger partial charge is 0.496 e. The normalized spacial score (nSPS) is 13.8. The van der Waals surface area contributed by atoms with Gasteiger partial charge in [0.15, 0.2) is 0 Å². The summed E-state index contributed by atoms with van der Waals surface area (Å²) in [5.41, 5.74) is 2.66. The van der Waals surface area contributed by atoms with Crippen molar-refractivity contribution in [1.82, 2.24) is 15.3 Å². The second kappa shape index (κ2) is 5.46. The van der Waals surface area contributed by atoms with Crippen LogP contribution in [0.3, 0.4) is 0 Å². The predicted octanol–water partition coefficient (Wildman–Crippen LogP) is 1.01. The Labute approximate surface area is 117 Å². The lowest BCUT2D eigenvalue weighted by Gasteiger charge is -2.16. The number of aromatic amines is 1. The van der Waals surface area contributed by atoms with Gasteiger partial charge >= 0.3 is 0 Å². The number of fused-ring (bicyclic) bond motifs is 1. The number of methoxy groups -OCH3 is 1. The van der Waals surface area contributed by atoms with Crippen LogP contribution in [0.25, 0.3) is 0 Å². The first-order valence-electron chi connectivity index (χ1n) is 6.71. The van der Waals surface area contributed by atoms with Gasteiger partial charge in [-0.15, -0.1) is 0 Å². The van der Waals surface area contributed by atoms with E-state index in [1.807, 2.05) is 24.3 Å². The molecule has 0 bridgehead atoms. The highest BCUT2D eigenvalue weighted by molar-refractivity contribution is 5.35. The van der Waals surface area contributed by atoms with Crippen LogP contribution in [0.15, 0.2) is 29.1 Å². The Morgan fingerprint density at radius 1 is 1.35 bits per heavy atom. The summed E-state index contributed by atoms with van der Waals surface area (Å²) >= 11 is 0. The number of H-pyrrole nitrogens is 1. The van der Waals surface area contributed by atoms with E-state index in [0.29, 0.717) is 18.8 Å². The summed E-state index contributed by atoms with van der Waals surface area (Å²) in [5.74, 6) is 1.51. The molecule has 0 fully saturated rings. The van der Waals surface area contributed by atoms with Crippen molar-refractivity contribution in [3.8, 4) is 5.75 Å². The number of hydrogen-bond donors (Lipinski definition) is 2. The van der Waals surface area contributed by atoms with Crippen molar-refractivity contribution in [3.05, 3.63) is 57.3 Å². The van der Waals surface area contributed by atoms with Gasteiger partial charge in [0, 0.05) is 31.5 Å². The average molecular weight is 271 g/mol. The number of para-hydroxylation sites is 1. The Morgan fingerprint density at radius 2 is 2.20 bits per heavy atom. The number of nitrogens with one attached hydrogen (secondary N) is 2. The van der Waals surface area contributed by atoms with Crippen LogP contribution < -0.4 is 15.6 Å². The van der Waals surface area contributed by atoms with Gasteiger partial charge in [0.05, 0.1) is 18.4 Å². The van der Waals surface area contributed by atoms with Gasteiger partial charge in [-0.1, -0.05) is 18.2 Å². The number of hydrogen-bond acceptors (Lipinski definition) is 4. The topological polar surface area (TPSA) is 67.0 Å². The van der Waals surface area contributed by atoms with E-state index in [-0.39, 0.29) is 5.56 Å². The lowest BCUT2D eigenvalue weighted by molar-refractivity contribution is 0.410. The Balaban J connectivity index is 1.95. The quantitative estimate of drug-likeness (QED) is 0.874. The first kappa shape index (κ1) is 12.9. The molecule has 1 aromatic carbocycles. The lowest BCUT2D eigenvalue weighted by atomic mass is 10.1. The fourth-order valence-electron chi connectivity index (χ4n) is 2.52.